The summed E-state index contributed by atoms with van der Waals surface area (Å²) in [4.78, 5) is 0. The Morgan fingerprint density at radius 1 is 1.00 bits per heavy atom. The first-order valence-electron chi connectivity index (χ1n) is 3.92. The molecule has 0 aromatic rings. The van der Waals surface area contributed by atoms with E-state index in [1.54, 1.807) is 0 Å². The third kappa shape index (κ3) is 6.18. The summed E-state index contributed by atoms with van der Waals surface area (Å²) in [5.41, 5.74) is 19.8. The smallest absolute Gasteiger partial charge is 0.195 e. The standard InChI is InChI=1S/C6H18N4O4/c7-5(8,1-11)3-13-4-14-6(9,10)2-12/h11-12H,1-4,7-10H2. The van der Waals surface area contributed by atoms with Gasteiger partial charge in [-0.25, -0.2) is 0 Å². The molecule has 8 heteroatoms. The number of hydrogen-bond donors (Lipinski definition) is 6. The lowest BCUT2D eigenvalue weighted by atomic mass is 10.2. The molecule has 0 aromatic heterocycles. The minimum Gasteiger partial charge on any atom is -0.393 e. The highest BCUT2D eigenvalue weighted by molar-refractivity contribution is 4.73. The maximum Gasteiger partial charge on any atom is 0.195 e. The maximum absolute atomic E-state index is 8.64. The minimum atomic E-state index is -1.65. The third-order valence-electron chi connectivity index (χ3n) is 1.32. The zero-order valence-corrected chi connectivity index (χ0v) is 7.85. The molecule has 0 unspecified atom stereocenters. The molecule has 0 spiro atoms. The van der Waals surface area contributed by atoms with Crippen LogP contribution in [0.1, 0.15) is 0 Å². The molecule has 0 radical (unpaired) electrons. The van der Waals surface area contributed by atoms with E-state index >= 15 is 0 Å². The topological polar surface area (TPSA) is 163 Å². The summed E-state index contributed by atoms with van der Waals surface area (Å²) in [5, 5.41) is 17.2. The summed E-state index contributed by atoms with van der Waals surface area (Å²) in [7, 11) is 0. The van der Waals surface area contributed by atoms with Crippen molar-refractivity contribution in [3.63, 3.8) is 0 Å². The Bertz CT molecular complexity index is 146. The van der Waals surface area contributed by atoms with E-state index in [-0.39, 0.29) is 13.4 Å². The lowest BCUT2D eigenvalue weighted by Gasteiger charge is -2.24. The van der Waals surface area contributed by atoms with Crippen molar-refractivity contribution in [1.29, 1.82) is 0 Å². The van der Waals surface area contributed by atoms with Gasteiger partial charge in [0.2, 0.25) is 0 Å². The van der Waals surface area contributed by atoms with Gasteiger partial charge in [-0.3, -0.25) is 11.5 Å². The molecular formula is C6H18N4O4. The van der Waals surface area contributed by atoms with Crippen molar-refractivity contribution in [1.82, 2.24) is 0 Å². The second-order valence-electron chi connectivity index (χ2n) is 3.11. The number of nitrogens with two attached hydrogens (primary N) is 4. The molecule has 0 aliphatic rings. The van der Waals surface area contributed by atoms with Crippen molar-refractivity contribution in [3.8, 4) is 0 Å². The summed E-state index contributed by atoms with van der Waals surface area (Å²) < 4.78 is 9.53. The van der Waals surface area contributed by atoms with Crippen molar-refractivity contribution in [2.75, 3.05) is 26.6 Å². The monoisotopic (exact) mass is 210 g/mol. The highest BCUT2D eigenvalue weighted by Crippen LogP contribution is 1.95. The van der Waals surface area contributed by atoms with Crippen LogP contribution < -0.4 is 22.9 Å². The fourth-order valence-electron chi connectivity index (χ4n) is 0.474. The molecule has 0 bridgehead atoms. The van der Waals surface area contributed by atoms with E-state index in [1.807, 2.05) is 0 Å². The molecule has 0 aliphatic heterocycles. The molecule has 0 saturated heterocycles. The van der Waals surface area contributed by atoms with Gasteiger partial charge in [-0.05, 0) is 0 Å². The number of rotatable bonds is 7. The predicted octanol–water partition coefficient (Wildman–Crippen LogP) is -3.85. The first-order valence-corrected chi connectivity index (χ1v) is 3.92. The van der Waals surface area contributed by atoms with Crippen molar-refractivity contribution in [3.05, 3.63) is 0 Å². The molecule has 86 valence electrons. The van der Waals surface area contributed by atoms with Crippen LogP contribution >= 0.6 is 0 Å². The van der Waals surface area contributed by atoms with Crippen LogP contribution in [0.2, 0.25) is 0 Å². The van der Waals surface area contributed by atoms with Gasteiger partial charge < -0.3 is 31.2 Å². The van der Waals surface area contributed by atoms with Crippen LogP contribution in [-0.2, 0) is 9.47 Å². The lowest BCUT2D eigenvalue weighted by molar-refractivity contribution is -0.161. The molecule has 0 fully saturated rings. The fraction of sp³-hybridized carbons (Fsp3) is 1.00. The Balaban J connectivity index is 3.57. The molecule has 0 heterocycles. The van der Waals surface area contributed by atoms with Crippen LogP contribution in [0.5, 0.6) is 0 Å². The van der Waals surface area contributed by atoms with Crippen molar-refractivity contribution in [2.24, 2.45) is 22.9 Å². The van der Waals surface area contributed by atoms with Crippen LogP contribution in [0.4, 0.5) is 0 Å². The average molecular weight is 210 g/mol. The number of hydrogen-bond acceptors (Lipinski definition) is 8. The van der Waals surface area contributed by atoms with Crippen LogP contribution in [0.3, 0.4) is 0 Å². The Hall–Kier alpha value is -0.320. The molecule has 0 aromatic carbocycles. The Morgan fingerprint density at radius 2 is 1.57 bits per heavy atom. The quantitative estimate of drug-likeness (QED) is 0.184. The van der Waals surface area contributed by atoms with Crippen molar-refractivity contribution >= 4 is 0 Å². The first-order chi connectivity index (χ1) is 6.33. The highest BCUT2D eigenvalue weighted by Gasteiger charge is 2.20. The summed E-state index contributed by atoms with van der Waals surface area (Å²) in [6, 6.07) is 0. The van der Waals surface area contributed by atoms with E-state index in [1.165, 1.54) is 0 Å². The highest BCUT2D eigenvalue weighted by atomic mass is 16.7. The normalized spacial score (nSPS) is 13.3. The summed E-state index contributed by atoms with van der Waals surface area (Å²) >= 11 is 0. The first kappa shape index (κ1) is 13.7. The van der Waals surface area contributed by atoms with Crippen molar-refractivity contribution < 1.29 is 19.7 Å². The largest absolute Gasteiger partial charge is 0.393 e. The maximum atomic E-state index is 8.64. The van der Waals surface area contributed by atoms with Gasteiger partial charge in [0.25, 0.3) is 0 Å². The van der Waals surface area contributed by atoms with Crippen LogP contribution in [0.25, 0.3) is 0 Å². The molecule has 0 atom stereocenters. The van der Waals surface area contributed by atoms with Gasteiger partial charge in [0.05, 0.1) is 19.8 Å². The second-order valence-corrected chi connectivity index (χ2v) is 3.11. The molecule has 14 heavy (non-hydrogen) atoms. The van der Waals surface area contributed by atoms with Gasteiger partial charge in [-0.15, -0.1) is 0 Å². The summed E-state index contributed by atoms with van der Waals surface area (Å²) in [6.07, 6.45) is 0. The van der Waals surface area contributed by atoms with Gasteiger partial charge in [-0.2, -0.15) is 0 Å². The van der Waals surface area contributed by atoms with E-state index in [0.717, 1.165) is 0 Å². The SMILES string of the molecule is NC(N)(CO)COCOC(N)(N)CO. The number of aliphatic hydroxyl groups is 2. The molecular weight excluding hydrogens is 192 g/mol. The zero-order valence-electron chi connectivity index (χ0n) is 7.85. The van der Waals surface area contributed by atoms with E-state index in [4.69, 9.17) is 42.6 Å². The van der Waals surface area contributed by atoms with E-state index < -0.39 is 24.7 Å². The van der Waals surface area contributed by atoms with E-state index in [0.29, 0.717) is 0 Å². The predicted molar refractivity (Wildman–Crippen MR) is 48.3 cm³/mol. The van der Waals surface area contributed by atoms with Crippen LogP contribution in [-0.4, -0.2) is 48.3 Å². The molecule has 10 N–H and O–H groups in total. The lowest BCUT2D eigenvalue weighted by Crippen LogP contribution is -2.58. The zero-order chi connectivity index (χ0) is 11.2. The van der Waals surface area contributed by atoms with Crippen LogP contribution in [0.15, 0.2) is 0 Å². The summed E-state index contributed by atoms with van der Waals surface area (Å²) in [6.45, 7) is -1.37. The van der Waals surface area contributed by atoms with E-state index in [9.17, 15) is 0 Å². The molecule has 8 nitrogen and oxygen atoms in total. The van der Waals surface area contributed by atoms with Gasteiger partial charge in [-0.1, -0.05) is 0 Å². The Kier molecular flexibility index (Phi) is 5.41. The van der Waals surface area contributed by atoms with Crippen molar-refractivity contribution in [2.45, 2.75) is 11.5 Å². The van der Waals surface area contributed by atoms with E-state index in [2.05, 4.69) is 0 Å². The van der Waals surface area contributed by atoms with Gasteiger partial charge >= 0.3 is 0 Å². The Labute approximate surface area is 81.7 Å². The molecule has 0 amide bonds. The molecule has 0 rings (SSSR count). The van der Waals surface area contributed by atoms with Gasteiger partial charge in [0, 0.05) is 0 Å². The summed E-state index contributed by atoms with van der Waals surface area (Å²) in [5.74, 6) is -1.65. The molecule has 0 aliphatic carbocycles. The average Bonchev–Trinajstić information content (AvgIpc) is 2.13. The fourth-order valence-corrected chi connectivity index (χ4v) is 0.474. The van der Waals surface area contributed by atoms with Gasteiger partial charge in [0.1, 0.15) is 5.66 Å². The minimum absolute atomic E-state index is 0.120. The second kappa shape index (κ2) is 5.53. The molecule has 0 saturated carbocycles. The third-order valence-corrected chi connectivity index (χ3v) is 1.32. The number of ether oxygens (including phenoxy) is 2. The number of aliphatic hydroxyl groups excluding tert-OH is 2. The Morgan fingerprint density at radius 3 is 2.00 bits per heavy atom. The van der Waals surface area contributed by atoms with Crippen LogP contribution in [0, 0.1) is 0 Å². The van der Waals surface area contributed by atoms with Gasteiger partial charge in [0.15, 0.2) is 12.6 Å².